The molecule has 1 unspecified atom stereocenters. The highest BCUT2D eigenvalue weighted by Gasteiger charge is 2.38. The van der Waals surface area contributed by atoms with E-state index >= 15 is 0 Å². The van der Waals surface area contributed by atoms with Crippen molar-refractivity contribution in [1.29, 1.82) is 0 Å². The monoisotopic (exact) mass is 242 g/mol. The van der Waals surface area contributed by atoms with Crippen LogP contribution < -0.4 is 0 Å². The topological polar surface area (TPSA) is 29.5 Å². The van der Waals surface area contributed by atoms with Crippen LogP contribution in [0.25, 0.3) is 0 Å². The van der Waals surface area contributed by atoms with Crippen molar-refractivity contribution < 1.29 is 23.0 Å². The molecule has 0 aromatic heterocycles. The lowest BCUT2D eigenvalue weighted by molar-refractivity contribution is -0.162. The highest BCUT2D eigenvalue weighted by Crippen LogP contribution is 2.31. The number of hydrogen-bond donors (Lipinski definition) is 1. The minimum absolute atomic E-state index is 0.300. The molecule has 0 aliphatic rings. The van der Waals surface area contributed by atoms with Gasteiger partial charge in [0.15, 0.2) is 0 Å². The summed E-state index contributed by atoms with van der Waals surface area (Å²) in [6, 6.07) is 0. The number of hydrogen-bond acceptors (Lipinski definition) is 2. The second-order valence-corrected chi connectivity index (χ2v) is 3.87. The third kappa shape index (κ3) is 4.70. The summed E-state index contributed by atoms with van der Waals surface area (Å²) in [6.45, 7) is 5.80. The Morgan fingerprint density at radius 2 is 1.62 bits per heavy atom. The lowest BCUT2D eigenvalue weighted by Gasteiger charge is -2.36. The van der Waals surface area contributed by atoms with Gasteiger partial charge in [-0.1, -0.05) is 13.8 Å². The van der Waals surface area contributed by atoms with Crippen LogP contribution in [0, 0.1) is 0 Å². The fourth-order valence-electron chi connectivity index (χ4n) is 1.87. The van der Waals surface area contributed by atoms with Crippen molar-refractivity contribution in [1.82, 2.24) is 0 Å². The molecule has 0 bridgehead atoms. The predicted octanol–water partition coefficient (Wildman–Crippen LogP) is 3.29. The molecule has 16 heavy (non-hydrogen) atoms. The Balaban J connectivity index is 4.43. The van der Waals surface area contributed by atoms with Gasteiger partial charge < -0.3 is 9.84 Å². The first-order valence-corrected chi connectivity index (χ1v) is 5.70. The Hall–Kier alpha value is -0.290. The Bertz CT molecular complexity index is 188. The molecular weight excluding hydrogens is 221 g/mol. The van der Waals surface area contributed by atoms with Crippen LogP contribution in [-0.2, 0) is 4.74 Å². The van der Waals surface area contributed by atoms with Crippen LogP contribution in [0.15, 0.2) is 0 Å². The Morgan fingerprint density at radius 3 is 1.94 bits per heavy atom. The van der Waals surface area contributed by atoms with E-state index in [0.717, 1.165) is 0 Å². The van der Waals surface area contributed by atoms with Gasteiger partial charge >= 0.3 is 6.18 Å². The largest absolute Gasteiger partial charge is 0.390 e. The van der Waals surface area contributed by atoms with E-state index < -0.39 is 24.3 Å². The molecule has 0 aromatic carbocycles. The van der Waals surface area contributed by atoms with Crippen molar-refractivity contribution in [2.24, 2.45) is 0 Å². The lowest BCUT2D eigenvalue weighted by Crippen LogP contribution is -2.44. The molecule has 0 radical (unpaired) electrons. The predicted molar refractivity (Wildman–Crippen MR) is 56.2 cm³/mol. The molecule has 0 aliphatic heterocycles. The number of aliphatic hydroxyl groups excluding tert-OH is 1. The van der Waals surface area contributed by atoms with E-state index in [-0.39, 0.29) is 6.42 Å². The van der Waals surface area contributed by atoms with Crippen LogP contribution in [0.5, 0.6) is 0 Å². The van der Waals surface area contributed by atoms with E-state index in [2.05, 4.69) is 0 Å². The van der Waals surface area contributed by atoms with Crippen molar-refractivity contribution in [3.8, 4) is 0 Å². The summed E-state index contributed by atoms with van der Waals surface area (Å²) in [4.78, 5) is 0. The summed E-state index contributed by atoms with van der Waals surface area (Å²) in [5, 5.41) is 9.83. The first kappa shape index (κ1) is 15.7. The summed E-state index contributed by atoms with van der Waals surface area (Å²) in [5.74, 6) is 0. The van der Waals surface area contributed by atoms with Crippen LogP contribution >= 0.6 is 0 Å². The van der Waals surface area contributed by atoms with Gasteiger partial charge in [0, 0.05) is 13.0 Å². The van der Waals surface area contributed by atoms with Gasteiger partial charge in [-0.3, -0.25) is 0 Å². The van der Waals surface area contributed by atoms with Crippen molar-refractivity contribution >= 4 is 0 Å². The third-order valence-corrected chi connectivity index (χ3v) is 2.94. The van der Waals surface area contributed by atoms with Crippen molar-refractivity contribution in [2.75, 3.05) is 6.61 Å². The third-order valence-electron chi connectivity index (χ3n) is 2.94. The Labute approximate surface area is 94.8 Å². The van der Waals surface area contributed by atoms with Gasteiger partial charge in [0.05, 0.1) is 11.7 Å². The molecule has 98 valence electrons. The maximum absolute atomic E-state index is 12.0. The minimum Gasteiger partial charge on any atom is -0.390 e. The molecule has 0 heterocycles. The molecule has 2 nitrogen and oxygen atoms in total. The first-order valence-electron chi connectivity index (χ1n) is 5.70. The second-order valence-electron chi connectivity index (χ2n) is 3.87. The molecule has 1 N–H and O–H groups in total. The van der Waals surface area contributed by atoms with E-state index in [0.29, 0.717) is 19.4 Å². The fourth-order valence-corrected chi connectivity index (χ4v) is 1.87. The zero-order valence-corrected chi connectivity index (χ0v) is 10.1. The molecule has 0 rings (SSSR count). The van der Waals surface area contributed by atoms with Crippen LogP contribution in [-0.4, -0.2) is 29.6 Å². The van der Waals surface area contributed by atoms with Crippen molar-refractivity contribution in [3.05, 3.63) is 0 Å². The number of rotatable bonds is 7. The molecule has 0 amide bonds. The van der Waals surface area contributed by atoms with Crippen LogP contribution in [0.1, 0.15) is 46.5 Å². The average Bonchev–Trinajstić information content (AvgIpc) is 2.21. The van der Waals surface area contributed by atoms with Crippen molar-refractivity contribution in [2.45, 2.75) is 64.3 Å². The van der Waals surface area contributed by atoms with Gasteiger partial charge in [0.1, 0.15) is 0 Å². The maximum atomic E-state index is 12.0. The van der Waals surface area contributed by atoms with E-state index in [1.165, 1.54) is 0 Å². The molecule has 0 fully saturated rings. The van der Waals surface area contributed by atoms with E-state index in [4.69, 9.17) is 4.74 Å². The highest BCUT2D eigenvalue weighted by molar-refractivity contribution is 4.86. The van der Waals surface area contributed by atoms with Crippen molar-refractivity contribution in [3.63, 3.8) is 0 Å². The molecule has 0 spiro atoms. The fraction of sp³-hybridized carbons (Fsp3) is 1.00. The number of halogens is 3. The Kier molecular flexibility index (Phi) is 6.33. The molecule has 0 saturated heterocycles. The van der Waals surface area contributed by atoms with Crippen LogP contribution in [0.3, 0.4) is 0 Å². The van der Waals surface area contributed by atoms with Gasteiger partial charge in [-0.05, 0) is 26.2 Å². The van der Waals surface area contributed by atoms with E-state index in [1.807, 2.05) is 13.8 Å². The number of ether oxygens (including phenoxy) is 1. The molecule has 0 aromatic rings. The van der Waals surface area contributed by atoms with Gasteiger partial charge in [0.25, 0.3) is 0 Å². The molecule has 0 aliphatic carbocycles. The minimum atomic E-state index is -4.22. The summed E-state index contributed by atoms with van der Waals surface area (Å²) in [6.07, 6.45) is -5.54. The summed E-state index contributed by atoms with van der Waals surface area (Å²) >= 11 is 0. The smallest absolute Gasteiger partial charge is 0.389 e. The summed E-state index contributed by atoms with van der Waals surface area (Å²) < 4.78 is 41.6. The van der Waals surface area contributed by atoms with Gasteiger partial charge in [0.2, 0.25) is 0 Å². The molecule has 0 saturated carbocycles. The van der Waals surface area contributed by atoms with Crippen LogP contribution in [0.2, 0.25) is 0 Å². The molecule has 5 heteroatoms. The second kappa shape index (κ2) is 6.45. The van der Waals surface area contributed by atoms with E-state index in [9.17, 15) is 18.3 Å². The Morgan fingerprint density at radius 1 is 1.12 bits per heavy atom. The van der Waals surface area contributed by atoms with Gasteiger partial charge in [-0.2, -0.15) is 13.2 Å². The SMILES string of the molecule is CCOC(CC)(CC)C(O)CCC(F)(F)F. The summed E-state index contributed by atoms with van der Waals surface area (Å²) in [7, 11) is 0. The summed E-state index contributed by atoms with van der Waals surface area (Å²) in [5.41, 5.74) is -0.833. The molecular formula is C11H21F3O2. The zero-order chi connectivity index (χ0) is 12.8. The van der Waals surface area contributed by atoms with Crippen LogP contribution in [0.4, 0.5) is 13.2 Å². The number of alkyl halides is 3. The lowest BCUT2D eigenvalue weighted by atomic mass is 9.87. The standard InChI is InChI=1S/C11H21F3O2/c1-4-10(5-2,16-6-3)9(15)7-8-11(12,13)14/h9,15H,4-8H2,1-3H3. The number of aliphatic hydroxyl groups is 1. The highest BCUT2D eigenvalue weighted by atomic mass is 19.4. The maximum Gasteiger partial charge on any atom is 0.389 e. The first-order chi connectivity index (χ1) is 7.31. The van der Waals surface area contributed by atoms with Gasteiger partial charge in [-0.15, -0.1) is 0 Å². The van der Waals surface area contributed by atoms with Gasteiger partial charge in [-0.25, -0.2) is 0 Å². The molecule has 1 atom stereocenters. The quantitative estimate of drug-likeness (QED) is 0.742. The average molecular weight is 242 g/mol. The normalized spacial score (nSPS) is 15.2. The zero-order valence-electron chi connectivity index (χ0n) is 10.1. The van der Waals surface area contributed by atoms with E-state index in [1.54, 1.807) is 6.92 Å².